The first-order valence-electron chi connectivity index (χ1n) is 10.9. The van der Waals surface area contributed by atoms with E-state index in [9.17, 15) is 19.2 Å². The third kappa shape index (κ3) is 5.57. The number of carbonyl (C=O) groups is 4. The number of ketones is 1. The van der Waals surface area contributed by atoms with E-state index in [1.165, 1.54) is 14.2 Å². The predicted molar refractivity (Wildman–Crippen MR) is 107 cm³/mol. The second-order valence-corrected chi connectivity index (χ2v) is 8.73. The molecule has 3 N–H and O–H groups in total. The van der Waals surface area contributed by atoms with Crippen molar-refractivity contribution in [2.75, 3.05) is 27.3 Å². The van der Waals surface area contributed by atoms with Crippen molar-refractivity contribution in [1.82, 2.24) is 16.0 Å². The Morgan fingerprint density at radius 2 is 1.40 bits per heavy atom. The zero-order valence-corrected chi connectivity index (χ0v) is 17.8. The van der Waals surface area contributed by atoms with Crippen LogP contribution in [-0.4, -0.2) is 69.1 Å². The van der Waals surface area contributed by atoms with Gasteiger partial charge in [-0.25, -0.2) is 0 Å². The van der Waals surface area contributed by atoms with Gasteiger partial charge in [0.25, 0.3) is 0 Å². The maximum Gasteiger partial charge on any atom is 0.322 e. The topological polar surface area (TPSA) is 123 Å². The molecule has 0 bridgehead atoms. The first-order valence-corrected chi connectivity index (χ1v) is 10.9. The number of Topliss-reactive ketones (excluding diaryl/α,β-unsaturated/α-hetero) is 1. The van der Waals surface area contributed by atoms with Crippen molar-refractivity contribution in [3.05, 3.63) is 0 Å². The van der Waals surface area contributed by atoms with Crippen LogP contribution in [0.25, 0.3) is 0 Å². The molecule has 3 rings (SSSR count). The highest BCUT2D eigenvalue weighted by atomic mass is 16.5. The molecule has 9 heteroatoms. The van der Waals surface area contributed by atoms with Gasteiger partial charge >= 0.3 is 11.9 Å². The second-order valence-electron chi connectivity index (χ2n) is 8.73. The van der Waals surface area contributed by atoms with Gasteiger partial charge < -0.3 is 25.4 Å². The number of rotatable bonds is 7. The third-order valence-electron chi connectivity index (χ3n) is 6.71. The Morgan fingerprint density at radius 1 is 0.833 bits per heavy atom. The fraction of sp³-hybridized carbons (Fsp3) is 0.810. The van der Waals surface area contributed by atoms with Crippen LogP contribution in [-0.2, 0) is 28.7 Å². The van der Waals surface area contributed by atoms with Gasteiger partial charge in [-0.15, -0.1) is 0 Å². The van der Waals surface area contributed by atoms with Crippen LogP contribution < -0.4 is 16.0 Å². The van der Waals surface area contributed by atoms with Crippen molar-refractivity contribution in [3.8, 4) is 0 Å². The number of nitrogens with one attached hydrogen (secondary N) is 3. The number of methoxy groups -OCH3 is 2. The van der Waals surface area contributed by atoms with E-state index in [-0.39, 0.29) is 59.5 Å². The number of carbonyl (C=O) groups excluding carboxylic acids is 4. The summed E-state index contributed by atoms with van der Waals surface area (Å²) in [6.45, 7) is 1.21. The largest absolute Gasteiger partial charge is 0.468 e. The molecule has 0 aromatic heterocycles. The van der Waals surface area contributed by atoms with Crippen molar-refractivity contribution < 1.29 is 28.7 Å². The Bertz CT molecular complexity index is 605. The van der Waals surface area contributed by atoms with E-state index < -0.39 is 0 Å². The number of esters is 2. The highest BCUT2D eigenvalue weighted by Gasteiger charge is 2.36. The summed E-state index contributed by atoms with van der Waals surface area (Å²) >= 11 is 0. The van der Waals surface area contributed by atoms with Crippen LogP contribution in [0.4, 0.5) is 0 Å². The summed E-state index contributed by atoms with van der Waals surface area (Å²) in [6, 6.07) is -0.743. The van der Waals surface area contributed by atoms with Gasteiger partial charge in [0.05, 0.1) is 14.2 Å². The predicted octanol–water partition coefficient (Wildman–Crippen LogP) is -0.0772. The summed E-state index contributed by atoms with van der Waals surface area (Å²) < 4.78 is 9.49. The van der Waals surface area contributed by atoms with Crippen LogP contribution in [0.1, 0.15) is 44.9 Å². The maximum atomic E-state index is 12.7. The van der Waals surface area contributed by atoms with E-state index in [1.54, 1.807) is 0 Å². The highest BCUT2D eigenvalue weighted by Crippen LogP contribution is 2.32. The molecule has 0 radical (unpaired) electrons. The Balaban J connectivity index is 1.37. The molecular formula is C21H33N3O6. The van der Waals surface area contributed by atoms with Gasteiger partial charge in [-0.3, -0.25) is 19.2 Å². The van der Waals surface area contributed by atoms with Gasteiger partial charge in [-0.1, -0.05) is 0 Å². The van der Waals surface area contributed by atoms with Crippen LogP contribution in [0, 0.1) is 17.8 Å². The van der Waals surface area contributed by atoms with Crippen LogP contribution in [0.15, 0.2) is 0 Å². The fourth-order valence-corrected chi connectivity index (χ4v) is 4.90. The average Bonchev–Trinajstić information content (AvgIpc) is 3.42. The zero-order chi connectivity index (χ0) is 21.7. The van der Waals surface area contributed by atoms with Crippen molar-refractivity contribution in [2.24, 2.45) is 17.8 Å². The van der Waals surface area contributed by atoms with E-state index >= 15 is 0 Å². The molecule has 4 atom stereocenters. The van der Waals surface area contributed by atoms with E-state index in [1.807, 2.05) is 0 Å². The molecule has 2 heterocycles. The molecule has 0 spiro atoms. The lowest BCUT2D eigenvalue weighted by molar-refractivity contribution is -0.143. The molecule has 3 fully saturated rings. The van der Waals surface area contributed by atoms with Crippen molar-refractivity contribution in [2.45, 2.75) is 63.1 Å². The molecule has 3 aliphatic rings. The number of hydrogen-bond acceptors (Lipinski definition) is 8. The summed E-state index contributed by atoms with van der Waals surface area (Å²) in [5.41, 5.74) is 0. The van der Waals surface area contributed by atoms with Gasteiger partial charge in [-0.2, -0.15) is 0 Å². The normalized spacial score (nSPS) is 33.7. The monoisotopic (exact) mass is 423 g/mol. The Hall–Kier alpha value is -2.00. The Labute approximate surface area is 177 Å². The molecule has 1 amide bonds. The summed E-state index contributed by atoms with van der Waals surface area (Å²) in [6.07, 6.45) is 4.51. The van der Waals surface area contributed by atoms with Crippen LogP contribution in [0.3, 0.4) is 0 Å². The van der Waals surface area contributed by atoms with Gasteiger partial charge in [0.15, 0.2) is 0 Å². The lowest BCUT2D eigenvalue weighted by atomic mass is 9.77. The highest BCUT2D eigenvalue weighted by molar-refractivity contribution is 5.83. The molecule has 2 saturated heterocycles. The molecule has 9 nitrogen and oxygen atoms in total. The smallest absolute Gasteiger partial charge is 0.322 e. The lowest BCUT2D eigenvalue weighted by Crippen LogP contribution is -2.41. The SMILES string of the molecule is COC(=O)[C@@H]1C[C@H](CC(=O)C2CCC(C(=O)N[C@@H]3CN[C@H](C(=O)OC)C3)CC2)CN1. The van der Waals surface area contributed by atoms with Gasteiger partial charge in [0.1, 0.15) is 17.9 Å². The van der Waals surface area contributed by atoms with E-state index in [4.69, 9.17) is 9.47 Å². The molecule has 0 aromatic carbocycles. The molecule has 0 aromatic rings. The maximum absolute atomic E-state index is 12.7. The van der Waals surface area contributed by atoms with Gasteiger partial charge in [0, 0.05) is 30.8 Å². The van der Waals surface area contributed by atoms with Crippen LogP contribution >= 0.6 is 0 Å². The van der Waals surface area contributed by atoms with Crippen molar-refractivity contribution >= 4 is 23.6 Å². The van der Waals surface area contributed by atoms with Gasteiger partial charge in [-0.05, 0) is 51.0 Å². The zero-order valence-electron chi connectivity index (χ0n) is 17.8. The van der Waals surface area contributed by atoms with E-state index in [0.717, 1.165) is 12.8 Å². The first kappa shape index (κ1) is 22.7. The van der Waals surface area contributed by atoms with E-state index in [2.05, 4.69) is 16.0 Å². The summed E-state index contributed by atoms with van der Waals surface area (Å²) in [5.74, 6) is -0.231. The van der Waals surface area contributed by atoms with Crippen LogP contribution in [0.2, 0.25) is 0 Å². The van der Waals surface area contributed by atoms with E-state index in [0.29, 0.717) is 45.2 Å². The molecule has 1 saturated carbocycles. The molecule has 30 heavy (non-hydrogen) atoms. The minimum absolute atomic E-state index is 0.00285. The van der Waals surface area contributed by atoms with Crippen LogP contribution in [0.5, 0.6) is 0 Å². The molecular weight excluding hydrogens is 390 g/mol. The summed E-state index contributed by atoms with van der Waals surface area (Å²) in [7, 11) is 2.73. The first-order chi connectivity index (χ1) is 14.4. The third-order valence-corrected chi connectivity index (χ3v) is 6.71. The summed E-state index contributed by atoms with van der Waals surface area (Å²) in [5, 5.41) is 9.22. The lowest BCUT2D eigenvalue weighted by Gasteiger charge is -2.28. The minimum Gasteiger partial charge on any atom is -0.468 e. The number of hydrogen-bond donors (Lipinski definition) is 3. The molecule has 0 unspecified atom stereocenters. The number of amides is 1. The minimum atomic E-state index is -0.363. The van der Waals surface area contributed by atoms with Crippen molar-refractivity contribution in [3.63, 3.8) is 0 Å². The Kier molecular flexibility index (Phi) is 7.82. The Morgan fingerprint density at radius 3 is 2.03 bits per heavy atom. The fourth-order valence-electron chi connectivity index (χ4n) is 4.90. The standard InChI is InChI=1S/C21H33N3O6/c1-29-20(27)16-7-12(10-22-16)8-18(25)13-3-5-14(6-4-13)19(26)24-15-9-17(23-11-15)21(28)30-2/h12-17,22-23H,3-11H2,1-2H3,(H,24,26)/t12-,13?,14?,15+,16+,17+/m1/s1. The van der Waals surface area contributed by atoms with Crippen molar-refractivity contribution in [1.29, 1.82) is 0 Å². The quantitative estimate of drug-likeness (QED) is 0.486. The second kappa shape index (κ2) is 10.3. The average molecular weight is 424 g/mol. The number of ether oxygens (including phenoxy) is 2. The van der Waals surface area contributed by atoms with Gasteiger partial charge in [0.2, 0.25) is 5.91 Å². The molecule has 2 aliphatic heterocycles. The molecule has 168 valence electrons. The molecule has 1 aliphatic carbocycles. The summed E-state index contributed by atoms with van der Waals surface area (Å²) in [4.78, 5) is 48.5.